The zero-order valence-corrected chi connectivity index (χ0v) is 16.0. The van der Waals surface area contributed by atoms with Gasteiger partial charge in [0.1, 0.15) is 6.04 Å². The van der Waals surface area contributed by atoms with Gasteiger partial charge in [0, 0.05) is 26.8 Å². The predicted octanol–water partition coefficient (Wildman–Crippen LogP) is 1.44. The van der Waals surface area contributed by atoms with Crippen LogP contribution < -0.4 is 16.3 Å². The fourth-order valence-corrected chi connectivity index (χ4v) is 3.13. The smallest absolute Gasteiger partial charge is 0.333 e. The third kappa shape index (κ3) is 3.46. The molecule has 0 saturated carbocycles. The van der Waals surface area contributed by atoms with Crippen LogP contribution in [0, 0.1) is 0 Å². The van der Waals surface area contributed by atoms with E-state index in [4.69, 9.17) is 5.73 Å². The van der Waals surface area contributed by atoms with Gasteiger partial charge in [-0.05, 0) is 42.3 Å². The van der Waals surface area contributed by atoms with E-state index < -0.39 is 12.0 Å². The van der Waals surface area contributed by atoms with Crippen LogP contribution in [-0.4, -0.2) is 42.4 Å². The number of methoxy groups -OCH3 is 1. The van der Waals surface area contributed by atoms with E-state index in [0.29, 0.717) is 6.42 Å². The molecular weight excluding hydrogens is 344 g/mol. The van der Waals surface area contributed by atoms with Gasteiger partial charge in [-0.3, -0.25) is 13.9 Å². The maximum atomic E-state index is 12.8. The van der Waals surface area contributed by atoms with E-state index in [1.165, 1.54) is 7.11 Å². The summed E-state index contributed by atoms with van der Waals surface area (Å²) < 4.78 is 7.98. The number of fused-ring (bicyclic) bond motifs is 1. The van der Waals surface area contributed by atoms with Crippen molar-refractivity contribution >= 4 is 22.7 Å². The number of ether oxygens (including phenoxy) is 1. The molecule has 0 spiro atoms. The Morgan fingerprint density at radius 1 is 1.15 bits per heavy atom. The summed E-state index contributed by atoms with van der Waals surface area (Å²) >= 11 is 0. The highest BCUT2D eigenvalue weighted by molar-refractivity contribution is 5.82. The number of hydrogen-bond donors (Lipinski definition) is 1. The molecule has 0 radical (unpaired) electrons. The number of carbonyl (C=O) groups excluding carboxylic acids is 1. The van der Waals surface area contributed by atoms with Gasteiger partial charge in [0.15, 0.2) is 0 Å². The molecule has 0 amide bonds. The third-order valence-electron chi connectivity index (χ3n) is 4.71. The quantitative estimate of drug-likeness (QED) is 0.689. The summed E-state index contributed by atoms with van der Waals surface area (Å²) in [5.41, 5.74) is 10.1. The minimum Gasteiger partial charge on any atom is -0.468 e. The first-order valence-corrected chi connectivity index (χ1v) is 8.65. The number of esters is 1. The molecule has 1 unspecified atom stereocenters. The average molecular weight is 368 g/mol. The van der Waals surface area contributed by atoms with Crippen molar-refractivity contribution in [3.05, 3.63) is 58.5 Å². The largest absolute Gasteiger partial charge is 0.468 e. The highest BCUT2D eigenvalue weighted by Crippen LogP contribution is 2.23. The number of carbonyl (C=O) groups is 1. The van der Waals surface area contributed by atoms with Crippen LogP contribution in [0.15, 0.2) is 47.3 Å². The lowest BCUT2D eigenvalue weighted by molar-refractivity contribution is -0.142. The molecule has 7 nitrogen and oxygen atoms in total. The first-order chi connectivity index (χ1) is 12.8. The normalized spacial score (nSPS) is 12.2. The number of rotatable bonds is 5. The van der Waals surface area contributed by atoms with E-state index in [1.54, 1.807) is 16.2 Å². The Balaban J connectivity index is 2.02. The van der Waals surface area contributed by atoms with Crippen LogP contribution in [0.4, 0.5) is 5.69 Å². The molecule has 27 heavy (non-hydrogen) atoms. The molecule has 1 heterocycles. The molecule has 3 aromatic rings. The first-order valence-electron chi connectivity index (χ1n) is 8.65. The highest BCUT2D eigenvalue weighted by Gasteiger charge is 2.16. The van der Waals surface area contributed by atoms with Gasteiger partial charge < -0.3 is 15.4 Å². The number of aromatic nitrogens is 2. The molecule has 142 valence electrons. The summed E-state index contributed by atoms with van der Waals surface area (Å²) in [7, 11) is 7.01. The predicted molar refractivity (Wildman–Crippen MR) is 107 cm³/mol. The number of benzene rings is 2. The van der Waals surface area contributed by atoms with Gasteiger partial charge >= 0.3 is 11.7 Å². The Hall–Kier alpha value is -3.06. The molecule has 7 heteroatoms. The summed E-state index contributed by atoms with van der Waals surface area (Å²) in [6, 6.07) is 12.7. The number of nitrogens with zero attached hydrogens (tertiary/aromatic N) is 3. The van der Waals surface area contributed by atoms with Gasteiger partial charge in [-0.25, -0.2) is 4.79 Å². The van der Waals surface area contributed by atoms with Crippen LogP contribution in [0.3, 0.4) is 0 Å². The van der Waals surface area contributed by atoms with Gasteiger partial charge in [-0.15, -0.1) is 0 Å². The molecule has 0 saturated heterocycles. The summed E-state index contributed by atoms with van der Waals surface area (Å²) in [5, 5.41) is 0. The Bertz CT molecular complexity index is 1030. The van der Waals surface area contributed by atoms with Crippen LogP contribution in [0.2, 0.25) is 0 Å². The lowest BCUT2D eigenvalue weighted by atomic mass is 10.1. The molecule has 0 aliphatic rings. The van der Waals surface area contributed by atoms with Gasteiger partial charge in [-0.2, -0.15) is 0 Å². The Kier molecular flexibility index (Phi) is 5.05. The summed E-state index contributed by atoms with van der Waals surface area (Å²) in [6.45, 7) is 0. The molecule has 0 fully saturated rings. The molecule has 0 bridgehead atoms. The minimum atomic E-state index is -0.705. The molecule has 2 aromatic carbocycles. The minimum absolute atomic E-state index is 0.111. The van der Waals surface area contributed by atoms with Crippen molar-refractivity contribution in [2.45, 2.75) is 12.5 Å². The fraction of sp³-hybridized carbons (Fsp3) is 0.300. The Morgan fingerprint density at radius 2 is 1.81 bits per heavy atom. The van der Waals surface area contributed by atoms with E-state index in [1.807, 2.05) is 61.5 Å². The second-order valence-electron chi connectivity index (χ2n) is 6.74. The molecule has 1 atom stereocenters. The van der Waals surface area contributed by atoms with Crippen LogP contribution in [0.5, 0.6) is 0 Å². The number of anilines is 1. The monoisotopic (exact) mass is 368 g/mol. The molecule has 0 aliphatic heterocycles. The van der Waals surface area contributed by atoms with Crippen molar-refractivity contribution in [2.24, 2.45) is 12.8 Å². The number of nitrogens with two attached hydrogens (primary N) is 1. The van der Waals surface area contributed by atoms with E-state index >= 15 is 0 Å². The van der Waals surface area contributed by atoms with E-state index in [-0.39, 0.29) is 5.69 Å². The summed E-state index contributed by atoms with van der Waals surface area (Å²) in [5.74, 6) is -0.444. The van der Waals surface area contributed by atoms with Crippen LogP contribution >= 0.6 is 0 Å². The van der Waals surface area contributed by atoms with Crippen molar-refractivity contribution in [1.82, 2.24) is 9.13 Å². The molecule has 2 N–H and O–H groups in total. The van der Waals surface area contributed by atoms with Gasteiger partial charge in [-0.1, -0.05) is 12.1 Å². The van der Waals surface area contributed by atoms with Crippen LogP contribution in [0.1, 0.15) is 5.56 Å². The molecular formula is C20H24N4O3. The number of aryl methyl sites for hydroxylation is 1. The van der Waals surface area contributed by atoms with Crippen molar-refractivity contribution in [2.75, 3.05) is 26.1 Å². The van der Waals surface area contributed by atoms with Gasteiger partial charge in [0.05, 0.1) is 23.8 Å². The van der Waals surface area contributed by atoms with Crippen molar-refractivity contribution in [1.29, 1.82) is 0 Å². The zero-order chi connectivity index (χ0) is 19.7. The average Bonchev–Trinajstić information content (AvgIpc) is 2.92. The number of imidazole rings is 1. The highest BCUT2D eigenvalue weighted by atomic mass is 16.5. The second kappa shape index (κ2) is 7.28. The summed E-state index contributed by atoms with van der Waals surface area (Å²) in [4.78, 5) is 26.3. The maximum Gasteiger partial charge on any atom is 0.333 e. The van der Waals surface area contributed by atoms with Crippen LogP contribution in [-0.2, 0) is 23.0 Å². The van der Waals surface area contributed by atoms with Gasteiger partial charge in [0.2, 0.25) is 0 Å². The standard InChI is InChI=1S/C20H24N4O3/c1-22(2)15-9-10-17-18(12-15)24(20(26)23(17)3)14-7-5-13(6-8-14)11-16(21)19(25)27-4/h5-10,12,16H,11,21H2,1-4H3. The zero-order valence-electron chi connectivity index (χ0n) is 16.0. The van der Waals surface area contributed by atoms with Crippen LogP contribution in [0.25, 0.3) is 16.7 Å². The van der Waals surface area contributed by atoms with Crippen molar-refractivity contribution in [3.63, 3.8) is 0 Å². The third-order valence-corrected chi connectivity index (χ3v) is 4.71. The van der Waals surface area contributed by atoms with E-state index in [2.05, 4.69) is 4.74 Å². The Labute approximate surface area is 157 Å². The van der Waals surface area contributed by atoms with Crippen molar-refractivity contribution < 1.29 is 9.53 Å². The van der Waals surface area contributed by atoms with Gasteiger partial charge in [0.25, 0.3) is 0 Å². The topological polar surface area (TPSA) is 82.5 Å². The van der Waals surface area contributed by atoms with E-state index in [9.17, 15) is 9.59 Å². The SMILES string of the molecule is COC(=O)C(N)Cc1ccc(-n2c(=O)n(C)c3ccc(N(C)C)cc32)cc1. The summed E-state index contributed by atoms with van der Waals surface area (Å²) in [6.07, 6.45) is 0.377. The number of hydrogen-bond acceptors (Lipinski definition) is 5. The first kappa shape index (κ1) is 18.7. The van der Waals surface area contributed by atoms with E-state index in [0.717, 1.165) is 28.0 Å². The lowest BCUT2D eigenvalue weighted by Gasteiger charge is -2.13. The van der Waals surface area contributed by atoms with Crippen molar-refractivity contribution in [3.8, 4) is 5.69 Å². The molecule has 3 rings (SSSR count). The fourth-order valence-electron chi connectivity index (χ4n) is 3.13. The maximum absolute atomic E-state index is 12.8. The molecule has 0 aliphatic carbocycles. The Morgan fingerprint density at radius 3 is 2.41 bits per heavy atom. The second-order valence-corrected chi connectivity index (χ2v) is 6.74. The lowest BCUT2D eigenvalue weighted by Crippen LogP contribution is -2.33. The molecule has 1 aromatic heterocycles.